The number of aliphatic carboxylic acids is 1. The van der Waals surface area contributed by atoms with Crippen molar-refractivity contribution in [1.82, 2.24) is 10.1 Å². The molecule has 0 bridgehead atoms. The number of likely N-dealkylation sites (tertiary alicyclic amines) is 1. The number of benzene rings is 1. The van der Waals surface area contributed by atoms with E-state index in [1.165, 1.54) is 6.07 Å². The van der Waals surface area contributed by atoms with Gasteiger partial charge in [0.1, 0.15) is 5.76 Å². The number of hydrogen-bond donors (Lipinski definition) is 2. The molecular weight excluding hydrogens is 338 g/mol. The highest BCUT2D eigenvalue weighted by Crippen LogP contribution is 2.20. The van der Waals surface area contributed by atoms with Crippen molar-refractivity contribution in [3.05, 3.63) is 47.3 Å². The molecule has 8 heteroatoms. The van der Waals surface area contributed by atoms with Gasteiger partial charge in [0.15, 0.2) is 5.69 Å². The summed E-state index contributed by atoms with van der Waals surface area (Å²) in [5, 5.41) is 15.3. The van der Waals surface area contributed by atoms with Crippen LogP contribution in [0.4, 0.5) is 5.69 Å². The molecule has 1 fully saturated rings. The van der Waals surface area contributed by atoms with Crippen molar-refractivity contribution in [3.8, 4) is 0 Å². The van der Waals surface area contributed by atoms with Crippen molar-refractivity contribution in [1.29, 1.82) is 0 Å². The van der Waals surface area contributed by atoms with Crippen molar-refractivity contribution in [2.75, 3.05) is 18.4 Å². The normalized spacial score (nSPS) is 14.9. The van der Waals surface area contributed by atoms with Gasteiger partial charge in [-0.2, -0.15) is 0 Å². The second-order valence-corrected chi connectivity index (χ2v) is 6.26. The van der Waals surface area contributed by atoms with E-state index in [0.717, 1.165) is 0 Å². The van der Waals surface area contributed by atoms with Gasteiger partial charge < -0.3 is 19.8 Å². The molecule has 1 aliphatic rings. The zero-order valence-electron chi connectivity index (χ0n) is 14.3. The third-order valence-corrected chi connectivity index (χ3v) is 4.38. The summed E-state index contributed by atoms with van der Waals surface area (Å²) < 4.78 is 4.87. The molecule has 0 aliphatic carbocycles. The molecule has 8 nitrogen and oxygen atoms in total. The van der Waals surface area contributed by atoms with E-state index in [-0.39, 0.29) is 17.5 Å². The fourth-order valence-electron chi connectivity index (χ4n) is 2.88. The fourth-order valence-corrected chi connectivity index (χ4v) is 2.88. The lowest BCUT2D eigenvalue weighted by atomic mass is 9.96. The van der Waals surface area contributed by atoms with Crippen molar-refractivity contribution in [3.63, 3.8) is 0 Å². The number of nitrogens with zero attached hydrogens (tertiary/aromatic N) is 2. The van der Waals surface area contributed by atoms with Crippen LogP contribution in [0.15, 0.2) is 34.9 Å². The van der Waals surface area contributed by atoms with Crippen molar-refractivity contribution in [2.45, 2.75) is 19.8 Å². The first-order valence-corrected chi connectivity index (χ1v) is 8.31. The minimum Gasteiger partial charge on any atom is -0.481 e. The average Bonchev–Trinajstić information content (AvgIpc) is 3.08. The summed E-state index contributed by atoms with van der Waals surface area (Å²) in [6, 6.07) is 8.09. The molecule has 2 heterocycles. The molecule has 1 aromatic carbocycles. The summed E-state index contributed by atoms with van der Waals surface area (Å²) in [5.41, 5.74) is 1.22. The predicted molar refractivity (Wildman–Crippen MR) is 91.9 cm³/mol. The van der Waals surface area contributed by atoms with Gasteiger partial charge in [-0.1, -0.05) is 5.16 Å². The fraction of sp³-hybridized carbons (Fsp3) is 0.333. The molecule has 0 radical (unpaired) electrons. The minimum atomic E-state index is -0.806. The van der Waals surface area contributed by atoms with Gasteiger partial charge in [0.2, 0.25) is 0 Å². The lowest BCUT2D eigenvalue weighted by molar-refractivity contribution is -0.143. The van der Waals surface area contributed by atoms with E-state index < -0.39 is 11.9 Å². The molecule has 0 unspecified atom stereocenters. The summed E-state index contributed by atoms with van der Waals surface area (Å²) >= 11 is 0. The maximum atomic E-state index is 12.5. The molecule has 3 rings (SSSR count). The highest BCUT2D eigenvalue weighted by molar-refractivity contribution is 6.03. The predicted octanol–water partition coefficient (Wildman–Crippen LogP) is 2.17. The number of carbonyl (C=O) groups is 3. The Bertz CT molecular complexity index is 820. The number of carbonyl (C=O) groups excluding carboxylic acids is 2. The topological polar surface area (TPSA) is 113 Å². The van der Waals surface area contributed by atoms with Crippen molar-refractivity contribution >= 4 is 23.5 Å². The van der Waals surface area contributed by atoms with Gasteiger partial charge in [0.25, 0.3) is 11.8 Å². The molecule has 0 spiro atoms. The van der Waals surface area contributed by atoms with E-state index in [4.69, 9.17) is 9.63 Å². The van der Waals surface area contributed by atoms with Crippen LogP contribution in [0, 0.1) is 12.8 Å². The molecule has 0 atom stereocenters. The Morgan fingerprint density at radius 2 is 1.85 bits per heavy atom. The Hall–Kier alpha value is -3.16. The molecule has 2 N–H and O–H groups in total. The molecule has 0 saturated carbocycles. The number of piperidine rings is 1. The molecule has 26 heavy (non-hydrogen) atoms. The van der Waals surface area contributed by atoms with Crippen molar-refractivity contribution < 1.29 is 24.0 Å². The number of aromatic nitrogens is 1. The van der Waals surface area contributed by atoms with E-state index in [2.05, 4.69) is 10.5 Å². The first kappa shape index (κ1) is 17.7. The largest absolute Gasteiger partial charge is 0.481 e. The van der Waals surface area contributed by atoms with Crippen LogP contribution in [0.1, 0.15) is 39.4 Å². The van der Waals surface area contributed by atoms with Crippen LogP contribution in [-0.4, -0.2) is 46.0 Å². The van der Waals surface area contributed by atoms with E-state index in [1.54, 1.807) is 36.1 Å². The summed E-state index contributed by atoms with van der Waals surface area (Å²) in [4.78, 5) is 37.2. The summed E-state index contributed by atoms with van der Waals surface area (Å²) in [6.07, 6.45) is 0.929. The Kier molecular flexibility index (Phi) is 5.01. The number of carboxylic acids is 1. The van der Waals surface area contributed by atoms with E-state index in [0.29, 0.717) is 42.9 Å². The summed E-state index contributed by atoms with van der Waals surface area (Å²) in [7, 11) is 0. The molecule has 1 aromatic heterocycles. The van der Waals surface area contributed by atoms with Crippen LogP contribution in [0.2, 0.25) is 0 Å². The van der Waals surface area contributed by atoms with Gasteiger partial charge in [0.05, 0.1) is 5.92 Å². The number of hydrogen-bond acceptors (Lipinski definition) is 5. The van der Waals surface area contributed by atoms with Gasteiger partial charge in [-0.05, 0) is 44.0 Å². The van der Waals surface area contributed by atoms with Gasteiger partial charge in [-0.3, -0.25) is 14.4 Å². The number of rotatable bonds is 4. The van der Waals surface area contributed by atoms with Crippen LogP contribution in [-0.2, 0) is 4.79 Å². The van der Waals surface area contributed by atoms with E-state index in [1.807, 2.05) is 0 Å². The Labute approximate surface area is 149 Å². The first-order valence-electron chi connectivity index (χ1n) is 8.31. The second kappa shape index (κ2) is 7.38. The highest BCUT2D eigenvalue weighted by Gasteiger charge is 2.27. The Morgan fingerprint density at radius 1 is 1.19 bits per heavy atom. The standard InChI is InChI=1S/C18H19N3O5/c1-11-10-15(20-26-11)16(22)19-14-4-2-12(3-5-14)17(23)21-8-6-13(7-9-21)18(24)25/h2-5,10,13H,6-9H2,1H3,(H,19,22)(H,24,25). The quantitative estimate of drug-likeness (QED) is 0.867. The van der Waals surface area contributed by atoms with Crippen LogP contribution >= 0.6 is 0 Å². The molecule has 2 amide bonds. The lowest BCUT2D eigenvalue weighted by Crippen LogP contribution is -2.40. The molecule has 2 aromatic rings. The Balaban J connectivity index is 1.59. The molecule has 1 saturated heterocycles. The highest BCUT2D eigenvalue weighted by atomic mass is 16.5. The minimum absolute atomic E-state index is 0.140. The summed E-state index contributed by atoms with van der Waals surface area (Å²) in [6.45, 7) is 2.56. The number of aryl methyl sites for hydroxylation is 1. The van der Waals surface area contributed by atoms with Crippen LogP contribution in [0.3, 0.4) is 0 Å². The molecular formula is C18H19N3O5. The second-order valence-electron chi connectivity index (χ2n) is 6.26. The maximum Gasteiger partial charge on any atom is 0.306 e. The smallest absolute Gasteiger partial charge is 0.306 e. The monoisotopic (exact) mass is 357 g/mol. The maximum absolute atomic E-state index is 12.5. The zero-order chi connectivity index (χ0) is 18.7. The lowest BCUT2D eigenvalue weighted by Gasteiger charge is -2.30. The van der Waals surface area contributed by atoms with E-state index >= 15 is 0 Å². The summed E-state index contributed by atoms with van der Waals surface area (Å²) in [5.74, 6) is -1.17. The zero-order valence-corrected chi connectivity index (χ0v) is 14.3. The van der Waals surface area contributed by atoms with Gasteiger partial charge in [0, 0.05) is 30.4 Å². The van der Waals surface area contributed by atoms with Gasteiger partial charge in [-0.25, -0.2) is 0 Å². The van der Waals surface area contributed by atoms with Crippen LogP contribution in [0.5, 0.6) is 0 Å². The van der Waals surface area contributed by atoms with Crippen LogP contribution in [0.25, 0.3) is 0 Å². The van der Waals surface area contributed by atoms with Crippen molar-refractivity contribution in [2.24, 2.45) is 5.92 Å². The van der Waals surface area contributed by atoms with Gasteiger partial charge in [-0.15, -0.1) is 0 Å². The number of amides is 2. The third kappa shape index (κ3) is 3.90. The number of nitrogens with one attached hydrogen (secondary N) is 1. The van der Waals surface area contributed by atoms with E-state index in [9.17, 15) is 14.4 Å². The van der Waals surface area contributed by atoms with Crippen LogP contribution < -0.4 is 5.32 Å². The Morgan fingerprint density at radius 3 is 2.38 bits per heavy atom. The van der Waals surface area contributed by atoms with Gasteiger partial charge >= 0.3 is 5.97 Å². The number of anilines is 1. The molecule has 1 aliphatic heterocycles. The molecule has 136 valence electrons. The number of carboxylic acid groups (broad SMARTS) is 1. The SMILES string of the molecule is Cc1cc(C(=O)Nc2ccc(C(=O)N3CCC(C(=O)O)CC3)cc2)no1. The third-order valence-electron chi connectivity index (χ3n) is 4.38. The first-order chi connectivity index (χ1) is 12.4. The average molecular weight is 357 g/mol.